The normalized spacial score (nSPS) is 27.8. The van der Waals surface area contributed by atoms with E-state index < -0.39 is 29.1 Å². The third-order valence-corrected chi connectivity index (χ3v) is 3.25. The average molecular weight is 230 g/mol. The summed E-state index contributed by atoms with van der Waals surface area (Å²) in [6.07, 6.45) is -1.84. The summed E-state index contributed by atoms with van der Waals surface area (Å²) < 4.78 is 37.5. The molecule has 86 valence electrons. The highest BCUT2D eigenvalue weighted by Gasteiger charge is 2.52. The smallest absolute Gasteiger partial charge is 0.321 e. The quantitative estimate of drug-likeness (QED) is 0.690. The topological polar surface area (TPSA) is 52.9 Å². The molecule has 1 amide bonds. The number of nitrogens with zero attached hydrogens (tertiary/aromatic N) is 1. The van der Waals surface area contributed by atoms with E-state index in [0.29, 0.717) is 12.8 Å². The van der Waals surface area contributed by atoms with Crippen molar-refractivity contribution in [3.05, 3.63) is 11.8 Å². The van der Waals surface area contributed by atoms with Crippen molar-refractivity contribution in [2.75, 3.05) is 0 Å². The fourth-order valence-corrected chi connectivity index (χ4v) is 2.23. The van der Waals surface area contributed by atoms with Gasteiger partial charge < -0.3 is 5.32 Å². The number of hydrogen-bond donors (Lipinski definition) is 1. The number of nitriles is 1. The monoisotopic (exact) mass is 230 g/mol. The van der Waals surface area contributed by atoms with Gasteiger partial charge in [-0.15, -0.1) is 0 Å². The van der Waals surface area contributed by atoms with Crippen LogP contribution in [0.15, 0.2) is 11.8 Å². The number of alkyl halides is 3. The van der Waals surface area contributed by atoms with Gasteiger partial charge in [-0.2, -0.15) is 18.4 Å². The van der Waals surface area contributed by atoms with E-state index in [-0.39, 0.29) is 0 Å². The van der Waals surface area contributed by atoms with E-state index in [1.807, 2.05) is 0 Å². The van der Waals surface area contributed by atoms with Crippen molar-refractivity contribution in [1.82, 2.24) is 5.32 Å². The van der Waals surface area contributed by atoms with Crippen LogP contribution in [-0.2, 0) is 4.79 Å². The first-order chi connectivity index (χ1) is 7.39. The summed E-state index contributed by atoms with van der Waals surface area (Å²) in [5.41, 5.74) is -1.91. The third-order valence-electron chi connectivity index (χ3n) is 3.25. The maximum absolute atomic E-state index is 12.5. The van der Waals surface area contributed by atoms with Gasteiger partial charge in [-0.25, -0.2) is 0 Å². The minimum atomic E-state index is -4.56. The van der Waals surface area contributed by atoms with Crippen molar-refractivity contribution >= 4 is 5.91 Å². The molecule has 1 atom stereocenters. The van der Waals surface area contributed by atoms with Gasteiger partial charge in [0.2, 0.25) is 5.91 Å². The molecule has 2 aliphatic rings. The molecule has 3 nitrogen and oxygen atoms in total. The van der Waals surface area contributed by atoms with E-state index in [4.69, 9.17) is 5.26 Å². The van der Waals surface area contributed by atoms with Crippen LogP contribution in [-0.4, -0.2) is 12.1 Å². The van der Waals surface area contributed by atoms with E-state index >= 15 is 0 Å². The molecular formula is C10H9F3N2O. The second-order valence-corrected chi connectivity index (χ2v) is 4.19. The number of carbonyl (C=O) groups excluding carboxylic acids is 1. The standard InChI is InChI=1S/C10H9F3N2O/c11-10(12,13)7-4-9(2-1-3-9)6(5-14)8(16)15-7/h4,6H,1-3H2,(H,15,16)/t6-/m1/s1. The van der Waals surface area contributed by atoms with Gasteiger partial charge in [-0.1, -0.05) is 6.42 Å². The van der Waals surface area contributed by atoms with E-state index in [2.05, 4.69) is 0 Å². The van der Waals surface area contributed by atoms with Gasteiger partial charge in [0.1, 0.15) is 11.6 Å². The SMILES string of the molecule is N#C[C@@H]1C(=O)NC(C(F)(F)F)=CC12CCC2. The number of rotatable bonds is 0. The molecular weight excluding hydrogens is 221 g/mol. The molecule has 1 N–H and O–H groups in total. The number of halogens is 3. The van der Waals surface area contributed by atoms with Crippen LogP contribution in [0.3, 0.4) is 0 Å². The number of allylic oxidation sites excluding steroid dienone is 2. The Bertz CT molecular complexity index is 401. The van der Waals surface area contributed by atoms with E-state index in [1.54, 1.807) is 11.4 Å². The van der Waals surface area contributed by atoms with Crippen molar-refractivity contribution in [2.24, 2.45) is 11.3 Å². The zero-order chi connectivity index (χ0) is 12.0. The molecule has 0 unspecified atom stereocenters. The molecule has 0 aromatic rings. The Labute approximate surface area is 89.9 Å². The fraction of sp³-hybridized carbons (Fsp3) is 0.600. The Hall–Kier alpha value is -1.51. The van der Waals surface area contributed by atoms with Gasteiger partial charge >= 0.3 is 6.18 Å². The molecule has 1 saturated carbocycles. The van der Waals surface area contributed by atoms with Crippen molar-refractivity contribution in [3.63, 3.8) is 0 Å². The lowest BCUT2D eigenvalue weighted by atomic mass is 9.59. The molecule has 6 heteroatoms. The van der Waals surface area contributed by atoms with E-state index in [1.165, 1.54) is 0 Å². The molecule has 1 spiro atoms. The minimum Gasteiger partial charge on any atom is -0.321 e. The van der Waals surface area contributed by atoms with Crippen LogP contribution in [0.4, 0.5) is 13.2 Å². The highest BCUT2D eigenvalue weighted by molar-refractivity contribution is 5.85. The molecule has 1 aliphatic carbocycles. The van der Waals surface area contributed by atoms with Crippen molar-refractivity contribution in [3.8, 4) is 6.07 Å². The zero-order valence-electron chi connectivity index (χ0n) is 8.27. The molecule has 1 aliphatic heterocycles. The zero-order valence-corrected chi connectivity index (χ0v) is 8.27. The summed E-state index contributed by atoms with van der Waals surface area (Å²) in [5.74, 6) is -1.83. The lowest BCUT2D eigenvalue weighted by molar-refractivity contribution is -0.135. The van der Waals surface area contributed by atoms with Crippen molar-refractivity contribution in [1.29, 1.82) is 5.26 Å². The first-order valence-corrected chi connectivity index (χ1v) is 4.90. The maximum atomic E-state index is 12.5. The minimum absolute atomic E-state index is 0.470. The average Bonchev–Trinajstić information content (AvgIpc) is 2.12. The largest absolute Gasteiger partial charge is 0.431 e. The molecule has 0 aromatic carbocycles. The summed E-state index contributed by atoms with van der Waals surface area (Å²) in [4.78, 5) is 11.4. The van der Waals surface area contributed by atoms with Crippen LogP contribution < -0.4 is 5.32 Å². The summed E-state index contributed by atoms with van der Waals surface area (Å²) in [7, 11) is 0. The Balaban J connectivity index is 2.40. The van der Waals surface area contributed by atoms with Gasteiger partial charge in [0.25, 0.3) is 0 Å². The van der Waals surface area contributed by atoms with Gasteiger partial charge in [0.05, 0.1) is 6.07 Å². The van der Waals surface area contributed by atoms with Crippen molar-refractivity contribution < 1.29 is 18.0 Å². The highest BCUT2D eigenvalue weighted by atomic mass is 19.4. The predicted octanol–water partition coefficient (Wildman–Crippen LogP) is 1.87. The van der Waals surface area contributed by atoms with E-state index in [0.717, 1.165) is 12.5 Å². The number of amides is 1. The maximum Gasteiger partial charge on any atom is 0.431 e. The van der Waals surface area contributed by atoms with Crippen LogP contribution in [0, 0.1) is 22.7 Å². The molecule has 0 bridgehead atoms. The molecule has 1 fully saturated rings. The van der Waals surface area contributed by atoms with Crippen LogP contribution in [0.5, 0.6) is 0 Å². The number of carbonyl (C=O) groups is 1. The van der Waals surface area contributed by atoms with Gasteiger partial charge in [-0.3, -0.25) is 4.79 Å². The lowest BCUT2D eigenvalue weighted by Gasteiger charge is -2.45. The Morgan fingerprint density at radius 2 is 2.12 bits per heavy atom. The van der Waals surface area contributed by atoms with Crippen LogP contribution in [0.25, 0.3) is 0 Å². The van der Waals surface area contributed by atoms with Crippen LogP contribution >= 0.6 is 0 Å². The number of hydrogen-bond acceptors (Lipinski definition) is 2. The first-order valence-electron chi connectivity index (χ1n) is 4.90. The Morgan fingerprint density at radius 3 is 2.50 bits per heavy atom. The molecule has 2 rings (SSSR count). The van der Waals surface area contributed by atoms with Crippen LogP contribution in [0.2, 0.25) is 0 Å². The van der Waals surface area contributed by atoms with Gasteiger partial charge in [0.15, 0.2) is 0 Å². The summed E-state index contributed by atoms with van der Waals surface area (Å²) in [5, 5.41) is 10.6. The molecule has 1 heterocycles. The summed E-state index contributed by atoms with van der Waals surface area (Å²) >= 11 is 0. The first kappa shape index (κ1) is 11.0. The Morgan fingerprint density at radius 1 is 1.50 bits per heavy atom. The predicted molar refractivity (Wildman–Crippen MR) is 47.7 cm³/mol. The van der Waals surface area contributed by atoms with Gasteiger partial charge in [0, 0.05) is 5.41 Å². The summed E-state index contributed by atoms with van der Waals surface area (Å²) in [6.45, 7) is 0. The second-order valence-electron chi connectivity index (χ2n) is 4.19. The fourth-order valence-electron chi connectivity index (χ4n) is 2.23. The van der Waals surface area contributed by atoms with Crippen molar-refractivity contribution in [2.45, 2.75) is 25.4 Å². The lowest BCUT2D eigenvalue weighted by Crippen LogP contribution is -2.50. The second kappa shape index (κ2) is 3.24. The Kier molecular flexibility index (Phi) is 2.22. The highest BCUT2D eigenvalue weighted by Crippen LogP contribution is 2.51. The summed E-state index contributed by atoms with van der Waals surface area (Å²) in [6, 6.07) is 1.79. The van der Waals surface area contributed by atoms with E-state index in [9.17, 15) is 18.0 Å². The van der Waals surface area contributed by atoms with Crippen LogP contribution in [0.1, 0.15) is 19.3 Å². The molecule has 16 heavy (non-hydrogen) atoms. The number of nitrogens with one attached hydrogen (secondary N) is 1. The van der Waals surface area contributed by atoms with Gasteiger partial charge in [-0.05, 0) is 18.9 Å². The molecule has 0 saturated heterocycles. The molecule has 0 aromatic heterocycles. The molecule has 0 radical (unpaired) electrons. The third kappa shape index (κ3) is 1.47.